The van der Waals surface area contributed by atoms with Crippen LogP contribution in [0.3, 0.4) is 0 Å². The van der Waals surface area contributed by atoms with Crippen LogP contribution in [0.4, 0.5) is 5.13 Å². The molecular formula is C17H14N6O2S. The van der Waals surface area contributed by atoms with Gasteiger partial charge in [-0.15, -0.1) is 0 Å². The van der Waals surface area contributed by atoms with Crippen LogP contribution in [0.5, 0.6) is 0 Å². The lowest BCUT2D eigenvalue weighted by atomic mass is 10.1. The van der Waals surface area contributed by atoms with Gasteiger partial charge in [0.25, 0.3) is 5.91 Å². The van der Waals surface area contributed by atoms with Crippen molar-refractivity contribution in [3.63, 3.8) is 0 Å². The molecule has 1 aliphatic rings. The van der Waals surface area contributed by atoms with E-state index in [2.05, 4.69) is 26.5 Å². The molecule has 8 nitrogen and oxygen atoms in total. The summed E-state index contributed by atoms with van der Waals surface area (Å²) in [7, 11) is 0. The summed E-state index contributed by atoms with van der Waals surface area (Å²) < 4.78 is 7.00. The summed E-state index contributed by atoms with van der Waals surface area (Å²) in [4.78, 5) is 20.8. The van der Waals surface area contributed by atoms with Gasteiger partial charge in [0.1, 0.15) is 29.5 Å². The smallest absolute Gasteiger partial charge is 0.255 e. The number of anilines is 1. The molecule has 1 atom stereocenters. The van der Waals surface area contributed by atoms with Gasteiger partial charge < -0.3 is 4.74 Å². The molecule has 4 rings (SSSR count). The number of thiazole rings is 1. The van der Waals surface area contributed by atoms with Gasteiger partial charge in [0.2, 0.25) is 0 Å². The van der Waals surface area contributed by atoms with Crippen molar-refractivity contribution in [1.29, 1.82) is 5.26 Å². The SMILES string of the molecule is N#Cc1cccc(-c2nc(NC(=O)C3CCCO3)sc2-n2cncn2)c1. The molecule has 9 heteroatoms. The number of aromatic nitrogens is 4. The van der Waals surface area contributed by atoms with E-state index in [1.165, 1.54) is 17.7 Å². The molecule has 0 spiro atoms. The van der Waals surface area contributed by atoms with Gasteiger partial charge in [0.15, 0.2) is 5.13 Å². The van der Waals surface area contributed by atoms with E-state index >= 15 is 0 Å². The highest BCUT2D eigenvalue weighted by Crippen LogP contribution is 2.34. The van der Waals surface area contributed by atoms with Crippen LogP contribution in [-0.4, -0.2) is 38.4 Å². The minimum absolute atomic E-state index is 0.196. The monoisotopic (exact) mass is 366 g/mol. The number of amides is 1. The Labute approximate surface area is 153 Å². The number of carbonyl (C=O) groups is 1. The fourth-order valence-corrected chi connectivity index (χ4v) is 3.65. The van der Waals surface area contributed by atoms with Crippen molar-refractivity contribution in [3.8, 4) is 22.3 Å². The van der Waals surface area contributed by atoms with Crippen LogP contribution in [0.1, 0.15) is 18.4 Å². The number of carbonyl (C=O) groups excluding carboxylic acids is 1. The van der Waals surface area contributed by atoms with E-state index in [0.717, 1.165) is 12.0 Å². The van der Waals surface area contributed by atoms with Crippen LogP contribution in [0.2, 0.25) is 0 Å². The third-order valence-electron chi connectivity index (χ3n) is 3.95. The Balaban J connectivity index is 1.71. The van der Waals surface area contributed by atoms with E-state index in [1.807, 2.05) is 6.07 Å². The zero-order chi connectivity index (χ0) is 17.9. The largest absolute Gasteiger partial charge is 0.368 e. The van der Waals surface area contributed by atoms with E-state index in [4.69, 9.17) is 10.00 Å². The molecule has 0 saturated carbocycles. The molecule has 3 heterocycles. The van der Waals surface area contributed by atoms with Gasteiger partial charge >= 0.3 is 0 Å². The van der Waals surface area contributed by atoms with Crippen LogP contribution in [0.25, 0.3) is 16.3 Å². The van der Waals surface area contributed by atoms with E-state index < -0.39 is 6.10 Å². The highest BCUT2D eigenvalue weighted by molar-refractivity contribution is 7.18. The first-order valence-electron chi connectivity index (χ1n) is 8.03. The second-order valence-corrected chi connectivity index (χ2v) is 6.67. The summed E-state index contributed by atoms with van der Waals surface area (Å²) in [6, 6.07) is 9.26. The van der Waals surface area contributed by atoms with Crippen molar-refractivity contribution in [1.82, 2.24) is 19.7 Å². The molecule has 1 fully saturated rings. The number of benzene rings is 1. The molecule has 0 bridgehead atoms. The molecule has 0 radical (unpaired) electrons. The van der Waals surface area contributed by atoms with Crippen molar-refractivity contribution < 1.29 is 9.53 Å². The summed E-state index contributed by atoms with van der Waals surface area (Å²) in [6.07, 6.45) is 4.16. The Morgan fingerprint density at radius 2 is 2.38 bits per heavy atom. The lowest BCUT2D eigenvalue weighted by Crippen LogP contribution is -2.26. The Bertz CT molecular complexity index is 970. The van der Waals surface area contributed by atoms with Crippen LogP contribution < -0.4 is 5.32 Å². The highest BCUT2D eigenvalue weighted by atomic mass is 32.1. The van der Waals surface area contributed by atoms with Gasteiger partial charge in [0.05, 0.1) is 11.6 Å². The third-order valence-corrected chi connectivity index (χ3v) is 4.91. The number of rotatable bonds is 4. The number of hydrogen-bond acceptors (Lipinski definition) is 7. The maximum absolute atomic E-state index is 12.3. The Morgan fingerprint density at radius 1 is 1.46 bits per heavy atom. The quantitative estimate of drug-likeness (QED) is 0.760. The third kappa shape index (κ3) is 3.20. The fourth-order valence-electron chi connectivity index (χ4n) is 2.73. The Morgan fingerprint density at radius 3 is 3.12 bits per heavy atom. The fraction of sp³-hybridized carbons (Fsp3) is 0.235. The zero-order valence-corrected chi connectivity index (χ0v) is 14.4. The molecule has 130 valence electrons. The van der Waals surface area contributed by atoms with E-state index in [-0.39, 0.29) is 5.91 Å². The van der Waals surface area contributed by atoms with Crippen LogP contribution >= 0.6 is 11.3 Å². The predicted octanol–water partition coefficient (Wildman–Crippen LogP) is 2.38. The van der Waals surface area contributed by atoms with Crippen molar-refractivity contribution in [3.05, 3.63) is 42.5 Å². The average Bonchev–Trinajstić information content (AvgIpc) is 3.41. The maximum atomic E-state index is 12.3. The summed E-state index contributed by atoms with van der Waals surface area (Å²) in [6.45, 7) is 0.604. The van der Waals surface area contributed by atoms with Crippen molar-refractivity contribution >= 4 is 22.4 Å². The molecule has 1 aromatic carbocycles. The zero-order valence-electron chi connectivity index (χ0n) is 13.6. The molecule has 2 aromatic heterocycles. The van der Waals surface area contributed by atoms with E-state index in [1.54, 1.807) is 29.2 Å². The molecule has 1 amide bonds. The Kier molecular flexibility index (Phi) is 4.43. The van der Waals surface area contributed by atoms with Gasteiger partial charge in [-0.3, -0.25) is 10.1 Å². The second kappa shape index (κ2) is 7.03. The molecule has 3 aromatic rings. The first kappa shape index (κ1) is 16.4. The second-order valence-electron chi connectivity index (χ2n) is 5.70. The first-order chi connectivity index (χ1) is 12.7. The average molecular weight is 366 g/mol. The van der Waals surface area contributed by atoms with Crippen LogP contribution in [0, 0.1) is 11.3 Å². The maximum Gasteiger partial charge on any atom is 0.255 e. The summed E-state index contributed by atoms with van der Waals surface area (Å²) >= 11 is 1.29. The van der Waals surface area contributed by atoms with Crippen molar-refractivity contribution in [2.75, 3.05) is 11.9 Å². The van der Waals surface area contributed by atoms with Gasteiger partial charge in [-0.25, -0.2) is 14.6 Å². The molecule has 26 heavy (non-hydrogen) atoms. The van der Waals surface area contributed by atoms with Gasteiger partial charge in [-0.1, -0.05) is 23.5 Å². The van der Waals surface area contributed by atoms with E-state index in [9.17, 15) is 4.79 Å². The first-order valence-corrected chi connectivity index (χ1v) is 8.85. The molecule has 0 aliphatic carbocycles. The number of nitrogens with one attached hydrogen (secondary N) is 1. The van der Waals surface area contributed by atoms with Crippen molar-refractivity contribution in [2.24, 2.45) is 0 Å². The normalized spacial score (nSPS) is 16.3. The van der Waals surface area contributed by atoms with Crippen molar-refractivity contribution in [2.45, 2.75) is 18.9 Å². The number of nitrogens with zero attached hydrogens (tertiary/aromatic N) is 5. The number of hydrogen-bond donors (Lipinski definition) is 1. The standard InChI is InChI=1S/C17H14N6O2S/c18-8-11-3-1-4-12(7-11)14-16(23-10-19-9-20-23)26-17(21-14)22-15(24)13-5-2-6-25-13/h1,3-4,7,9-10,13H,2,5-6H2,(H,21,22,24). The lowest BCUT2D eigenvalue weighted by Gasteiger charge is -2.07. The highest BCUT2D eigenvalue weighted by Gasteiger charge is 2.25. The van der Waals surface area contributed by atoms with E-state index in [0.29, 0.717) is 34.4 Å². The summed E-state index contributed by atoms with van der Waals surface area (Å²) in [5, 5.41) is 17.3. The summed E-state index contributed by atoms with van der Waals surface area (Å²) in [5.41, 5.74) is 1.92. The minimum Gasteiger partial charge on any atom is -0.368 e. The molecule has 1 aliphatic heterocycles. The predicted molar refractivity (Wildman–Crippen MR) is 94.8 cm³/mol. The minimum atomic E-state index is -0.431. The van der Waals surface area contributed by atoms with Crippen LogP contribution in [-0.2, 0) is 9.53 Å². The molecule has 1 saturated heterocycles. The summed E-state index contributed by atoms with van der Waals surface area (Å²) in [5.74, 6) is -0.196. The van der Waals surface area contributed by atoms with Gasteiger partial charge in [-0.05, 0) is 25.0 Å². The Hall–Kier alpha value is -3.09. The molecule has 1 unspecified atom stereocenters. The topological polar surface area (TPSA) is 106 Å². The molecular weight excluding hydrogens is 352 g/mol. The van der Waals surface area contributed by atoms with Crippen LogP contribution in [0.15, 0.2) is 36.9 Å². The van der Waals surface area contributed by atoms with Gasteiger partial charge in [0, 0.05) is 12.2 Å². The van der Waals surface area contributed by atoms with Gasteiger partial charge in [-0.2, -0.15) is 10.4 Å². The number of nitriles is 1. The number of ether oxygens (including phenoxy) is 1. The molecule has 1 N–H and O–H groups in total. The lowest BCUT2D eigenvalue weighted by molar-refractivity contribution is -0.124.